The second-order valence-corrected chi connectivity index (χ2v) is 31.0. The lowest BCUT2D eigenvalue weighted by atomic mass is 9.79. The van der Waals surface area contributed by atoms with E-state index in [1.54, 1.807) is 0 Å². The summed E-state index contributed by atoms with van der Waals surface area (Å²) < 4.78 is 37.2. The number of aromatic nitrogens is 5. The summed E-state index contributed by atoms with van der Waals surface area (Å²) >= 11 is 0. The van der Waals surface area contributed by atoms with E-state index in [1.807, 2.05) is 92.3 Å². The molecule has 10 heteroatoms. The molecule has 5 aromatic heterocycles. The van der Waals surface area contributed by atoms with Gasteiger partial charge in [-0.2, -0.15) is 0 Å². The minimum Gasteiger partial charge on any atom is -0.488 e. The van der Waals surface area contributed by atoms with Gasteiger partial charge in [-0.3, -0.25) is 24.9 Å². The third-order valence-electron chi connectivity index (χ3n) is 18.0. The maximum Gasteiger partial charge on any atom is 0.126 e. The SMILES string of the molecule is CC(C)(C)c1cc2c(OCc3cccnc3)c(c1)Cc1cc(C(C)(C)C)cc(c1OCc1cccnc1)Cc1cc(C(C)(C)C)cc(c1OCc1cccnc1)Cc1cc(C(C)(C)C)cc(c1OCc1cccnc1)Cc1cc(C(C)(C)C)cc(c1OCc1cccnc1)C2. The number of hydrogen-bond acceptors (Lipinski definition) is 10. The highest BCUT2D eigenvalue weighted by molar-refractivity contribution is 5.61. The Kier molecular flexibility index (Phi) is 19.9. The second kappa shape index (κ2) is 28.0. The van der Waals surface area contributed by atoms with E-state index in [0.29, 0.717) is 65.1 Å². The highest BCUT2D eigenvalue weighted by atomic mass is 16.5. The molecular formula is C85H95N5O5. The van der Waals surface area contributed by atoms with Crippen molar-refractivity contribution in [3.05, 3.63) is 295 Å². The smallest absolute Gasteiger partial charge is 0.126 e. The van der Waals surface area contributed by atoms with Gasteiger partial charge in [0.2, 0.25) is 0 Å². The van der Waals surface area contributed by atoms with Gasteiger partial charge in [0.05, 0.1) is 0 Å². The average Bonchev–Trinajstić information content (AvgIpc) is 0.775. The largest absolute Gasteiger partial charge is 0.488 e. The Morgan fingerprint density at radius 1 is 0.242 bits per heavy atom. The van der Waals surface area contributed by atoms with Gasteiger partial charge in [-0.1, -0.05) is 195 Å². The molecule has 0 N–H and O–H groups in total. The van der Waals surface area contributed by atoms with Crippen molar-refractivity contribution in [3.63, 3.8) is 0 Å². The van der Waals surface area contributed by atoms with Gasteiger partial charge in [0.15, 0.2) is 0 Å². The summed E-state index contributed by atoms with van der Waals surface area (Å²) in [5, 5.41) is 0. The van der Waals surface area contributed by atoms with Crippen molar-refractivity contribution in [1.29, 1.82) is 0 Å². The zero-order chi connectivity index (χ0) is 67.3. The van der Waals surface area contributed by atoms with E-state index >= 15 is 0 Å². The predicted octanol–water partition coefficient (Wildman–Crippen LogP) is 19.3. The summed E-state index contributed by atoms with van der Waals surface area (Å²) in [5.41, 5.74) is 20.0. The van der Waals surface area contributed by atoms with Crippen molar-refractivity contribution in [2.24, 2.45) is 0 Å². The molecule has 1 aliphatic carbocycles. The zero-order valence-corrected chi connectivity index (χ0v) is 58.7. The Morgan fingerprint density at radius 2 is 0.389 bits per heavy atom. The molecule has 11 rings (SSSR count). The maximum atomic E-state index is 7.44. The summed E-state index contributed by atoms with van der Waals surface area (Å²) in [6.45, 7) is 36.1. The minimum atomic E-state index is -0.265. The Morgan fingerprint density at radius 3 is 0.505 bits per heavy atom. The maximum absolute atomic E-state index is 7.44. The lowest BCUT2D eigenvalue weighted by molar-refractivity contribution is 0.292. The fourth-order valence-corrected chi connectivity index (χ4v) is 12.4. The molecule has 0 spiro atoms. The van der Waals surface area contributed by atoms with Crippen LogP contribution < -0.4 is 23.7 Å². The van der Waals surface area contributed by atoms with Crippen molar-refractivity contribution in [3.8, 4) is 28.7 Å². The number of rotatable bonds is 15. The summed E-state index contributed by atoms with van der Waals surface area (Å²) in [6.07, 6.45) is 21.0. The number of nitrogens with zero attached hydrogens (tertiary/aromatic N) is 5. The van der Waals surface area contributed by atoms with Crippen LogP contribution in [0.15, 0.2) is 183 Å². The molecule has 5 heterocycles. The first-order valence-corrected chi connectivity index (χ1v) is 33.6. The van der Waals surface area contributed by atoms with Gasteiger partial charge in [-0.05, 0) is 141 Å². The molecule has 5 aromatic carbocycles. The first-order chi connectivity index (χ1) is 45.2. The molecule has 0 fully saturated rings. The van der Waals surface area contributed by atoms with E-state index in [9.17, 15) is 0 Å². The fraction of sp³-hybridized carbons (Fsp3) is 0.353. The van der Waals surface area contributed by atoms with Crippen LogP contribution in [0, 0.1) is 0 Å². The normalized spacial score (nSPS) is 13.0. The van der Waals surface area contributed by atoms with Crippen LogP contribution in [0.5, 0.6) is 28.7 Å². The Hall–Kier alpha value is -9.15. The average molecular weight is 1270 g/mol. The summed E-state index contributed by atoms with van der Waals surface area (Å²) in [6, 6.07) is 44.1. The molecule has 95 heavy (non-hydrogen) atoms. The number of fused-ring (bicyclic) bond motifs is 10. The van der Waals surface area contributed by atoms with Gasteiger partial charge >= 0.3 is 0 Å². The van der Waals surface area contributed by atoms with Crippen LogP contribution in [0.1, 0.15) is 215 Å². The van der Waals surface area contributed by atoms with Crippen LogP contribution in [0.2, 0.25) is 0 Å². The van der Waals surface area contributed by atoms with Gasteiger partial charge in [0.1, 0.15) is 61.8 Å². The first kappa shape index (κ1) is 67.3. The van der Waals surface area contributed by atoms with Crippen LogP contribution >= 0.6 is 0 Å². The summed E-state index contributed by atoms with van der Waals surface area (Å²) in [4.78, 5) is 22.8. The highest BCUT2D eigenvalue weighted by Crippen LogP contribution is 2.46. The molecule has 0 unspecified atom stereocenters. The second-order valence-electron chi connectivity index (χ2n) is 31.0. The van der Waals surface area contributed by atoms with Crippen LogP contribution in [-0.2, 0) is 92.2 Å². The van der Waals surface area contributed by atoms with E-state index in [-0.39, 0.29) is 27.1 Å². The zero-order valence-electron chi connectivity index (χ0n) is 58.7. The minimum absolute atomic E-state index is 0.265. The van der Waals surface area contributed by atoms with E-state index in [0.717, 1.165) is 112 Å². The lowest BCUT2D eigenvalue weighted by Crippen LogP contribution is -2.17. The molecule has 10 bridgehead atoms. The molecule has 0 saturated heterocycles. The van der Waals surface area contributed by atoms with E-state index < -0.39 is 0 Å². The van der Waals surface area contributed by atoms with Gasteiger partial charge in [0, 0.05) is 122 Å². The Labute approximate surface area is 565 Å². The highest BCUT2D eigenvalue weighted by Gasteiger charge is 2.31. The van der Waals surface area contributed by atoms with Crippen molar-refractivity contribution in [2.75, 3.05) is 0 Å². The molecule has 0 aliphatic heterocycles. The topological polar surface area (TPSA) is 111 Å². The Balaban J connectivity index is 1.28. The molecule has 490 valence electrons. The van der Waals surface area contributed by atoms with Crippen LogP contribution in [-0.4, -0.2) is 24.9 Å². The molecule has 10 nitrogen and oxygen atoms in total. The molecule has 0 atom stereocenters. The van der Waals surface area contributed by atoms with Crippen LogP contribution in [0.25, 0.3) is 0 Å². The molecule has 0 radical (unpaired) electrons. The third-order valence-corrected chi connectivity index (χ3v) is 18.0. The monoisotopic (exact) mass is 1270 g/mol. The molecule has 1 aliphatic rings. The number of ether oxygens (including phenoxy) is 5. The predicted molar refractivity (Wildman–Crippen MR) is 383 cm³/mol. The van der Waals surface area contributed by atoms with Gasteiger partial charge in [-0.25, -0.2) is 0 Å². The Bertz CT molecular complexity index is 3510. The van der Waals surface area contributed by atoms with Crippen molar-refractivity contribution in [2.45, 2.75) is 196 Å². The van der Waals surface area contributed by atoms with Gasteiger partial charge in [-0.15, -0.1) is 0 Å². The van der Waals surface area contributed by atoms with E-state index in [1.165, 1.54) is 27.8 Å². The molecule has 10 aromatic rings. The lowest BCUT2D eigenvalue weighted by Gasteiger charge is -2.29. The molecule has 0 amide bonds. The first-order valence-electron chi connectivity index (χ1n) is 33.6. The quantitative estimate of drug-likeness (QED) is 0.0984. The fourth-order valence-electron chi connectivity index (χ4n) is 12.4. The molecular weight excluding hydrogens is 1170 g/mol. The number of benzene rings is 5. The van der Waals surface area contributed by atoms with E-state index in [2.05, 4.69) is 220 Å². The van der Waals surface area contributed by atoms with Crippen LogP contribution in [0.3, 0.4) is 0 Å². The molecule has 0 saturated carbocycles. The van der Waals surface area contributed by atoms with Crippen molar-refractivity contribution in [1.82, 2.24) is 24.9 Å². The summed E-state index contributed by atoms with van der Waals surface area (Å²) in [7, 11) is 0. The third kappa shape index (κ3) is 16.9. The summed E-state index contributed by atoms with van der Waals surface area (Å²) in [5.74, 6) is 4.10. The van der Waals surface area contributed by atoms with Crippen molar-refractivity contribution < 1.29 is 23.7 Å². The van der Waals surface area contributed by atoms with Crippen LogP contribution in [0.4, 0.5) is 0 Å². The van der Waals surface area contributed by atoms with E-state index in [4.69, 9.17) is 23.7 Å². The number of hydrogen-bond donors (Lipinski definition) is 0. The standard InChI is InChI=1S/C85H95N5O5/c1-81(2,3)71-36-61-31-63-38-72(82(4,5)6)40-65(77(63)92-52-57-22-17-27-87-47-57)33-67-42-74(84(10,11)12)44-69(79(67)94-54-59-24-19-29-89-49-59)35-70-45-75(85(13,14)15)43-68(80(70)95-55-60-25-20-30-90-50-60)34-66-41-73(83(7,8)9)39-64(78(66)93-53-58-23-18-28-88-48-58)32-62(37-71)76(61)91-51-56-21-16-26-86-46-56/h16-30,36-50H,31-35,51-55H2,1-15H3. The van der Waals surface area contributed by atoms with Gasteiger partial charge < -0.3 is 23.7 Å². The van der Waals surface area contributed by atoms with Crippen molar-refractivity contribution >= 4 is 0 Å². The number of pyridine rings is 5. The van der Waals surface area contributed by atoms with Gasteiger partial charge in [0.25, 0.3) is 0 Å².